The fraction of sp³-hybridized carbons (Fsp3) is 0.400. The minimum absolute atomic E-state index is 0.140. The van der Waals surface area contributed by atoms with Crippen LogP contribution in [0.4, 0.5) is 0 Å². The number of amides is 1. The van der Waals surface area contributed by atoms with Crippen LogP contribution in [0, 0.1) is 0 Å². The second kappa shape index (κ2) is 9.66. The molecule has 1 saturated heterocycles. The molecule has 8 heteroatoms. The SMILES string of the molecule is O=C(COc1ccc(S(=O)(=O)N2CCCCCC2)cc1)NCc1cccnc1. The van der Waals surface area contributed by atoms with Crippen molar-refractivity contribution < 1.29 is 17.9 Å². The number of pyridine rings is 1. The van der Waals surface area contributed by atoms with Crippen LogP contribution in [0.15, 0.2) is 53.7 Å². The van der Waals surface area contributed by atoms with E-state index in [0.29, 0.717) is 25.4 Å². The van der Waals surface area contributed by atoms with Crippen LogP contribution < -0.4 is 10.1 Å². The molecule has 1 aliphatic heterocycles. The summed E-state index contributed by atoms with van der Waals surface area (Å²) in [6.07, 6.45) is 7.29. The number of ether oxygens (including phenoxy) is 1. The molecule has 0 radical (unpaired) electrons. The Morgan fingerprint density at radius 1 is 1.07 bits per heavy atom. The number of nitrogens with zero attached hydrogens (tertiary/aromatic N) is 2. The summed E-state index contributed by atoms with van der Waals surface area (Å²) in [5.74, 6) is 0.191. The number of hydrogen-bond acceptors (Lipinski definition) is 5. The number of hydrogen-bond donors (Lipinski definition) is 1. The van der Waals surface area contributed by atoms with Gasteiger partial charge in [-0.25, -0.2) is 8.42 Å². The number of carbonyl (C=O) groups excluding carboxylic acids is 1. The molecule has 2 heterocycles. The largest absolute Gasteiger partial charge is 0.484 e. The molecule has 150 valence electrons. The lowest BCUT2D eigenvalue weighted by Gasteiger charge is -2.20. The number of carbonyl (C=O) groups is 1. The van der Waals surface area contributed by atoms with Crippen molar-refractivity contribution in [2.75, 3.05) is 19.7 Å². The Morgan fingerprint density at radius 2 is 1.79 bits per heavy atom. The highest BCUT2D eigenvalue weighted by atomic mass is 32.2. The predicted octanol–water partition coefficient (Wildman–Crippen LogP) is 2.34. The van der Waals surface area contributed by atoms with E-state index < -0.39 is 10.0 Å². The molecule has 0 bridgehead atoms. The van der Waals surface area contributed by atoms with Crippen LogP contribution in [-0.4, -0.2) is 43.3 Å². The van der Waals surface area contributed by atoms with Crippen molar-refractivity contribution in [2.24, 2.45) is 0 Å². The number of benzene rings is 1. The zero-order valence-electron chi connectivity index (χ0n) is 15.7. The molecule has 28 heavy (non-hydrogen) atoms. The Bertz CT molecular complexity index is 862. The van der Waals surface area contributed by atoms with Crippen molar-refractivity contribution in [3.05, 3.63) is 54.4 Å². The lowest BCUT2D eigenvalue weighted by molar-refractivity contribution is -0.123. The third-order valence-electron chi connectivity index (χ3n) is 4.61. The Kier molecular flexibility index (Phi) is 7.00. The Labute approximate surface area is 165 Å². The fourth-order valence-electron chi connectivity index (χ4n) is 3.04. The third kappa shape index (κ3) is 5.53. The van der Waals surface area contributed by atoms with E-state index in [9.17, 15) is 13.2 Å². The molecule has 1 N–H and O–H groups in total. The van der Waals surface area contributed by atoms with Crippen molar-refractivity contribution in [1.82, 2.24) is 14.6 Å². The molecule has 1 aromatic carbocycles. The normalized spacial score (nSPS) is 15.6. The highest BCUT2D eigenvalue weighted by Crippen LogP contribution is 2.22. The van der Waals surface area contributed by atoms with Crippen LogP contribution in [-0.2, 0) is 21.4 Å². The van der Waals surface area contributed by atoms with Gasteiger partial charge in [-0.05, 0) is 48.7 Å². The Balaban J connectivity index is 1.51. The van der Waals surface area contributed by atoms with Gasteiger partial charge in [-0.3, -0.25) is 9.78 Å². The maximum Gasteiger partial charge on any atom is 0.258 e. The Hall–Kier alpha value is -2.45. The van der Waals surface area contributed by atoms with Crippen LogP contribution in [0.1, 0.15) is 31.2 Å². The van der Waals surface area contributed by atoms with Crippen LogP contribution in [0.3, 0.4) is 0 Å². The van der Waals surface area contributed by atoms with E-state index in [0.717, 1.165) is 31.2 Å². The molecule has 1 fully saturated rings. The quantitative estimate of drug-likeness (QED) is 0.767. The van der Waals surface area contributed by atoms with E-state index in [1.54, 1.807) is 34.9 Å². The zero-order chi connectivity index (χ0) is 19.8. The van der Waals surface area contributed by atoms with Gasteiger partial charge in [0.1, 0.15) is 5.75 Å². The standard InChI is InChI=1S/C20H25N3O4S/c24-20(22-15-17-6-5-11-21-14-17)16-27-18-7-9-19(10-8-18)28(25,26)23-12-3-1-2-4-13-23/h5-11,14H,1-4,12-13,15-16H2,(H,22,24). The van der Waals surface area contributed by atoms with Gasteiger partial charge < -0.3 is 10.1 Å². The number of rotatable bonds is 7. The number of aromatic nitrogens is 1. The number of sulfonamides is 1. The van der Waals surface area contributed by atoms with Crippen molar-refractivity contribution >= 4 is 15.9 Å². The van der Waals surface area contributed by atoms with Crippen LogP contribution in [0.5, 0.6) is 5.75 Å². The summed E-state index contributed by atoms with van der Waals surface area (Å²) in [6, 6.07) is 9.90. The summed E-state index contributed by atoms with van der Waals surface area (Å²) in [4.78, 5) is 16.1. The van der Waals surface area contributed by atoms with Crippen molar-refractivity contribution in [3.8, 4) is 5.75 Å². The maximum atomic E-state index is 12.8. The van der Waals surface area contributed by atoms with Crippen LogP contribution in [0.2, 0.25) is 0 Å². The molecular weight excluding hydrogens is 378 g/mol. The molecule has 1 aromatic heterocycles. The molecule has 0 atom stereocenters. The first-order valence-electron chi connectivity index (χ1n) is 9.44. The molecular formula is C20H25N3O4S. The van der Waals surface area contributed by atoms with E-state index in [-0.39, 0.29) is 17.4 Å². The first kappa shape index (κ1) is 20.3. The molecule has 1 amide bonds. The molecule has 0 saturated carbocycles. The van der Waals surface area contributed by atoms with Gasteiger partial charge in [-0.15, -0.1) is 0 Å². The summed E-state index contributed by atoms with van der Waals surface area (Å²) in [5.41, 5.74) is 0.902. The van der Waals surface area contributed by atoms with Gasteiger partial charge in [0.15, 0.2) is 6.61 Å². The first-order chi connectivity index (χ1) is 13.6. The van der Waals surface area contributed by atoms with Crippen molar-refractivity contribution in [2.45, 2.75) is 37.1 Å². The summed E-state index contributed by atoms with van der Waals surface area (Å²) < 4.78 is 32.5. The van der Waals surface area contributed by atoms with E-state index in [4.69, 9.17) is 4.74 Å². The van der Waals surface area contributed by atoms with Crippen LogP contribution in [0.25, 0.3) is 0 Å². The predicted molar refractivity (Wildman–Crippen MR) is 105 cm³/mol. The highest BCUT2D eigenvalue weighted by Gasteiger charge is 2.24. The lowest BCUT2D eigenvalue weighted by Crippen LogP contribution is -2.31. The van der Waals surface area contributed by atoms with Crippen molar-refractivity contribution in [3.63, 3.8) is 0 Å². The smallest absolute Gasteiger partial charge is 0.258 e. The maximum absolute atomic E-state index is 12.8. The summed E-state index contributed by atoms with van der Waals surface area (Å²) in [7, 11) is -3.48. The van der Waals surface area contributed by atoms with E-state index in [1.165, 1.54) is 12.1 Å². The summed E-state index contributed by atoms with van der Waals surface area (Å²) in [6.45, 7) is 1.37. The van der Waals surface area contributed by atoms with Gasteiger partial charge in [0, 0.05) is 32.0 Å². The van der Waals surface area contributed by atoms with E-state index in [2.05, 4.69) is 10.3 Å². The third-order valence-corrected chi connectivity index (χ3v) is 6.52. The van der Waals surface area contributed by atoms with Crippen LogP contribution >= 0.6 is 0 Å². The highest BCUT2D eigenvalue weighted by molar-refractivity contribution is 7.89. The second-order valence-corrected chi connectivity index (χ2v) is 8.65. The van der Waals surface area contributed by atoms with Gasteiger partial charge in [-0.2, -0.15) is 4.31 Å². The second-order valence-electron chi connectivity index (χ2n) is 6.72. The topological polar surface area (TPSA) is 88.6 Å². The van der Waals surface area contributed by atoms with Gasteiger partial charge >= 0.3 is 0 Å². The molecule has 0 aliphatic carbocycles. The van der Waals surface area contributed by atoms with Crippen molar-refractivity contribution in [1.29, 1.82) is 0 Å². The molecule has 0 unspecified atom stereocenters. The molecule has 7 nitrogen and oxygen atoms in total. The molecule has 1 aliphatic rings. The first-order valence-corrected chi connectivity index (χ1v) is 10.9. The minimum Gasteiger partial charge on any atom is -0.484 e. The lowest BCUT2D eigenvalue weighted by atomic mass is 10.2. The molecule has 0 spiro atoms. The fourth-order valence-corrected chi connectivity index (χ4v) is 4.56. The van der Waals surface area contributed by atoms with Gasteiger partial charge in [0.2, 0.25) is 10.0 Å². The van der Waals surface area contributed by atoms with E-state index in [1.807, 2.05) is 6.07 Å². The summed E-state index contributed by atoms with van der Waals surface area (Å²) in [5, 5.41) is 2.75. The van der Waals surface area contributed by atoms with Gasteiger partial charge in [-0.1, -0.05) is 18.9 Å². The number of nitrogens with one attached hydrogen (secondary N) is 1. The van der Waals surface area contributed by atoms with Gasteiger partial charge in [0.05, 0.1) is 4.90 Å². The van der Waals surface area contributed by atoms with Gasteiger partial charge in [0.25, 0.3) is 5.91 Å². The zero-order valence-corrected chi connectivity index (χ0v) is 16.5. The Morgan fingerprint density at radius 3 is 2.43 bits per heavy atom. The van der Waals surface area contributed by atoms with E-state index >= 15 is 0 Å². The average molecular weight is 404 g/mol. The minimum atomic E-state index is -3.48. The summed E-state index contributed by atoms with van der Waals surface area (Å²) >= 11 is 0. The average Bonchev–Trinajstić information content (AvgIpc) is 3.02. The monoisotopic (exact) mass is 403 g/mol. The molecule has 3 rings (SSSR count). The molecule has 2 aromatic rings.